The number of aliphatic carboxylic acids is 1. The van der Waals surface area contributed by atoms with E-state index in [1.807, 2.05) is 0 Å². The molecular weight excluding hydrogens is 374 g/mol. The molecule has 0 aromatic heterocycles. The highest BCUT2D eigenvalue weighted by molar-refractivity contribution is 5.96. The first-order valence-corrected chi connectivity index (χ1v) is 9.02. The minimum atomic E-state index is -1.50. The molecule has 0 radical (unpaired) electrons. The van der Waals surface area contributed by atoms with Crippen molar-refractivity contribution in [2.75, 3.05) is 39.3 Å². The maximum atomic E-state index is 12.6. The van der Waals surface area contributed by atoms with Crippen molar-refractivity contribution in [1.82, 2.24) is 21.0 Å². The number of nitrogens with zero attached hydrogens (tertiary/aromatic N) is 2. The number of carbonyl (C=O) groups excluding carboxylic acids is 3. The van der Waals surface area contributed by atoms with Crippen LogP contribution in [0.25, 0.3) is 0 Å². The van der Waals surface area contributed by atoms with E-state index in [2.05, 4.69) is 16.0 Å². The van der Waals surface area contributed by atoms with Gasteiger partial charge in [-0.3, -0.25) is 14.4 Å². The summed E-state index contributed by atoms with van der Waals surface area (Å²) in [5.41, 5.74) is -0.604. The Hall–Kier alpha value is -2.54. The largest absolute Gasteiger partial charge is 0.785 e. The van der Waals surface area contributed by atoms with E-state index in [-0.39, 0.29) is 51.1 Å². The van der Waals surface area contributed by atoms with E-state index in [0.29, 0.717) is 24.3 Å². The Labute approximate surface area is 161 Å². The lowest BCUT2D eigenvalue weighted by molar-refractivity contribution is -0.843. The second kappa shape index (κ2) is 9.59. The Kier molecular flexibility index (Phi) is 7.45. The van der Waals surface area contributed by atoms with Crippen molar-refractivity contribution in [1.29, 1.82) is 0 Å². The Morgan fingerprint density at radius 3 is 2.61 bits per heavy atom. The molecule has 12 nitrogen and oxygen atoms in total. The average Bonchev–Trinajstić information content (AvgIpc) is 2.64. The maximum Gasteiger partial charge on any atom is 0.390 e. The number of carbonyl (C=O) groups is 4. The number of hydrogen-bond acceptors (Lipinski definition) is 7. The molecule has 2 heterocycles. The third-order valence-electron chi connectivity index (χ3n) is 4.64. The van der Waals surface area contributed by atoms with Gasteiger partial charge in [0, 0.05) is 19.6 Å². The summed E-state index contributed by atoms with van der Waals surface area (Å²) >= 11 is 0. The molecule has 12 heteroatoms. The molecule has 2 aliphatic heterocycles. The topological polar surface area (TPSA) is 174 Å². The summed E-state index contributed by atoms with van der Waals surface area (Å²) in [6, 6.07) is -0.597. The molecule has 2 saturated heterocycles. The molecular formula is C16H24N5O7-. The van der Waals surface area contributed by atoms with Crippen LogP contribution in [0, 0.1) is 10.4 Å². The zero-order chi connectivity index (χ0) is 20.7. The fourth-order valence-electron chi connectivity index (χ4n) is 3.03. The van der Waals surface area contributed by atoms with Crippen LogP contribution in [0.5, 0.6) is 0 Å². The van der Waals surface area contributed by atoms with Crippen LogP contribution in [0.2, 0.25) is 0 Å². The van der Waals surface area contributed by atoms with Gasteiger partial charge in [0.05, 0.1) is 25.7 Å². The monoisotopic (exact) mass is 398 g/mol. The van der Waals surface area contributed by atoms with Crippen LogP contribution in [-0.2, 0) is 19.2 Å². The van der Waals surface area contributed by atoms with E-state index in [1.165, 1.54) is 0 Å². The zero-order valence-electron chi connectivity index (χ0n) is 15.3. The molecule has 2 aliphatic rings. The maximum absolute atomic E-state index is 12.6. The third-order valence-corrected chi connectivity index (χ3v) is 4.64. The van der Waals surface area contributed by atoms with Crippen LogP contribution in [0.15, 0.2) is 11.8 Å². The van der Waals surface area contributed by atoms with Crippen molar-refractivity contribution >= 4 is 23.7 Å². The Morgan fingerprint density at radius 1 is 1.29 bits per heavy atom. The molecule has 0 aliphatic carbocycles. The Balaban J connectivity index is 1.78. The van der Waals surface area contributed by atoms with Gasteiger partial charge in [0.2, 0.25) is 23.4 Å². The van der Waals surface area contributed by atoms with E-state index in [1.54, 1.807) is 0 Å². The van der Waals surface area contributed by atoms with E-state index in [4.69, 9.17) is 0 Å². The SMILES string of the molecule is O=C(/C=C(/C(=O)O)[N+]1([O-])CCN([O-])CC1)NCCCCC1NC(=O)CNC1=O. The van der Waals surface area contributed by atoms with Crippen molar-refractivity contribution < 1.29 is 28.9 Å². The van der Waals surface area contributed by atoms with Gasteiger partial charge in [-0.1, -0.05) is 0 Å². The number of unbranched alkanes of at least 4 members (excludes halogenated alkanes) is 1. The van der Waals surface area contributed by atoms with Crippen LogP contribution in [-0.4, -0.2) is 83.8 Å². The molecule has 28 heavy (non-hydrogen) atoms. The number of carboxylic acids is 1. The second-order valence-corrected chi connectivity index (χ2v) is 6.72. The van der Waals surface area contributed by atoms with Gasteiger partial charge in [0.1, 0.15) is 6.04 Å². The zero-order valence-corrected chi connectivity index (χ0v) is 15.3. The Morgan fingerprint density at radius 2 is 1.96 bits per heavy atom. The highest BCUT2D eigenvalue weighted by atomic mass is 16.6. The van der Waals surface area contributed by atoms with Gasteiger partial charge < -0.3 is 41.2 Å². The quantitative estimate of drug-likeness (QED) is 0.157. The van der Waals surface area contributed by atoms with Crippen LogP contribution in [0.4, 0.5) is 0 Å². The van der Waals surface area contributed by atoms with Crippen molar-refractivity contribution in [2.24, 2.45) is 0 Å². The molecule has 0 aromatic carbocycles. The fourth-order valence-corrected chi connectivity index (χ4v) is 3.03. The highest BCUT2D eigenvalue weighted by Gasteiger charge is 2.32. The summed E-state index contributed by atoms with van der Waals surface area (Å²) in [4.78, 5) is 46.2. The van der Waals surface area contributed by atoms with Gasteiger partial charge >= 0.3 is 5.97 Å². The number of hydroxylamine groups is 5. The van der Waals surface area contributed by atoms with Gasteiger partial charge in [-0.15, -0.1) is 0 Å². The van der Waals surface area contributed by atoms with E-state index in [0.717, 1.165) is 6.08 Å². The van der Waals surface area contributed by atoms with Crippen molar-refractivity contribution in [2.45, 2.75) is 25.3 Å². The van der Waals surface area contributed by atoms with Gasteiger partial charge in [0.25, 0.3) is 0 Å². The lowest BCUT2D eigenvalue weighted by Gasteiger charge is -2.49. The normalized spacial score (nSPS) is 22.9. The minimum Gasteiger partial charge on any atom is -0.785 e. The van der Waals surface area contributed by atoms with Crippen LogP contribution in [0.1, 0.15) is 19.3 Å². The molecule has 4 N–H and O–H groups in total. The summed E-state index contributed by atoms with van der Waals surface area (Å²) in [5.74, 6) is -2.71. The van der Waals surface area contributed by atoms with Crippen LogP contribution >= 0.6 is 0 Å². The number of piperazine rings is 2. The predicted molar refractivity (Wildman–Crippen MR) is 95.8 cm³/mol. The van der Waals surface area contributed by atoms with Crippen LogP contribution in [0.3, 0.4) is 0 Å². The fraction of sp³-hybridized carbons (Fsp3) is 0.625. The number of rotatable bonds is 8. The lowest BCUT2D eigenvalue weighted by atomic mass is 10.1. The summed E-state index contributed by atoms with van der Waals surface area (Å²) in [7, 11) is 0. The van der Waals surface area contributed by atoms with E-state index in [9.17, 15) is 34.7 Å². The van der Waals surface area contributed by atoms with Crippen molar-refractivity contribution in [3.63, 3.8) is 0 Å². The highest BCUT2D eigenvalue weighted by Crippen LogP contribution is 2.20. The standard InChI is InChI=1S/C16H24N5O7/c22-13(9-12(16(25)26)21(28)7-5-20(27)6-8-21)17-4-2-1-3-11-15(24)18-10-14(23)19-11/h9,11H,1-8,10H2,(H,17,22)(H,18,24)(H,19,23)(H,25,26)/q-1/b12-9-. The summed E-state index contributed by atoms with van der Waals surface area (Å²) < 4.78 is -1.22. The number of hydrogen-bond donors (Lipinski definition) is 4. The first-order valence-electron chi connectivity index (χ1n) is 9.02. The summed E-state index contributed by atoms with van der Waals surface area (Å²) in [6.45, 7) is -0.468. The minimum absolute atomic E-state index is 0.0315. The first kappa shape index (κ1) is 21.8. The molecule has 0 aromatic rings. The Bertz CT molecular complexity index is 658. The molecule has 0 saturated carbocycles. The number of nitrogens with one attached hydrogen (secondary N) is 3. The first-order chi connectivity index (χ1) is 13.2. The third kappa shape index (κ3) is 5.99. The van der Waals surface area contributed by atoms with E-state index < -0.39 is 28.3 Å². The van der Waals surface area contributed by atoms with Crippen molar-refractivity contribution in [3.05, 3.63) is 22.2 Å². The van der Waals surface area contributed by atoms with Gasteiger partial charge in [-0.05, 0) is 19.3 Å². The number of quaternary nitrogens is 1. The second-order valence-electron chi connectivity index (χ2n) is 6.72. The molecule has 156 valence electrons. The molecule has 3 amide bonds. The molecule has 0 bridgehead atoms. The van der Waals surface area contributed by atoms with Crippen molar-refractivity contribution in [3.8, 4) is 0 Å². The lowest BCUT2D eigenvalue weighted by Crippen LogP contribution is -2.56. The molecule has 0 spiro atoms. The molecule has 1 atom stereocenters. The van der Waals surface area contributed by atoms with Gasteiger partial charge in [-0.2, -0.15) is 0 Å². The van der Waals surface area contributed by atoms with Gasteiger partial charge in [-0.25, -0.2) is 4.79 Å². The molecule has 2 fully saturated rings. The molecule has 2 rings (SSSR count). The summed E-state index contributed by atoms with van der Waals surface area (Å²) in [5, 5.41) is 41.3. The smallest absolute Gasteiger partial charge is 0.390 e. The number of amides is 3. The predicted octanol–water partition coefficient (Wildman–Crippen LogP) is -2.02. The molecule has 1 unspecified atom stereocenters. The van der Waals surface area contributed by atoms with Gasteiger partial charge in [0.15, 0.2) is 0 Å². The van der Waals surface area contributed by atoms with E-state index >= 15 is 0 Å². The summed E-state index contributed by atoms with van der Waals surface area (Å²) in [6.07, 6.45) is 2.24. The van der Waals surface area contributed by atoms with Crippen LogP contribution < -0.4 is 16.0 Å². The average molecular weight is 398 g/mol. The number of carboxylic acid groups (broad SMARTS) is 1.